The Morgan fingerprint density at radius 1 is 0.551 bits per heavy atom. The second-order valence-electron chi connectivity index (χ2n) is 19.1. The van der Waals surface area contributed by atoms with Crippen molar-refractivity contribution in [2.24, 2.45) is 0 Å². The van der Waals surface area contributed by atoms with Gasteiger partial charge < -0.3 is 14.0 Å². The summed E-state index contributed by atoms with van der Waals surface area (Å²) in [5, 5.41) is 3.50. The summed E-state index contributed by atoms with van der Waals surface area (Å²) in [5.74, 6) is 1.28. The number of furan rings is 1. The largest absolute Gasteiger partial charge is 0.501 e. The molecule has 0 atom stereocenters. The average molecular weight is 1090 g/mol. The molecule has 0 saturated heterocycles. The quantitative estimate of drug-likeness (QED) is 0.107. The number of rotatable bonds is 9. The number of benzene rings is 7. The second kappa shape index (κ2) is 19.9. The SMILES string of the molecule is CC(C)c1cc(-c2ccccc2)cc(C(C)C)c1-n1c(-c2[c-]ccc3c2oc2cc(-c4ccc(-c5ccccc5)cc4)ccc23)nc2ncccc21.C[Si](C)(C)c1ccc(-c2[c-]cccc2)nc1.[Ir]. The van der Waals surface area contributed by atoms with Gasteiger partial charge in [-0.3, -0.25) is 4.98 Å². The fourth-order valence-corrected chi connectivity index (χ4v) is 10.1. The van der Waals surface area contributed by atoms with Crippen LogP contribution in [0.4, 0.5) is 0 Å². The molecule has 69 heavy (non-hydrogen) atoms. The van der Waals surface area contributed by atoms with E-state index < -0.39 is 8.07 Å². The van der Waals surface area contributed by atoms with E-state index in [0.717, 1.165) is 66.9 Å². The Kier molecular flexibility index (Phi) is 13.6. The molecule has 4 aromatic heterocycles. The summed E-state index contributed by atoms with van der Waals surface area (Å²) in [4.78, 5) is 14.5. The van der Waals surface area contributed by atoms with E-state index in [1.165, 1.54) is 38.6 Å². The van der Waals surface area contributed by atoms with Gasteiger partial charge in [0, 0.05) is 43.6 Å². The molecule has 0 bridgehead atoms. The summed E-state index contributed by atoms with van der Waals surface area (Å²) in [7, 11) is -1.23. The molecule has 0 amide bonds. The van der Waals surface area contributed by atoms with Gasteiger partial charge in [-0.15, -0.1) is 54.1 Å². The molecule has 7 heteroatoms. The summed E-state index contributed by atoms with van der Waals surface area (Å²) in [5.41, 5.74) is 16.9. The van der Waals surface area contributed by atoms with E-state index in [9.17, 15) is 0 Å². The van der Waals surface area contributed by atoms with E-state index in [2.05, 4.69) is 202 Å². The number of hydrogen-bond donors (Lipinski definition) is 0. The molecule has 0 N–H and O–H groups in total. The summed E-state index contributed by atoms with van der Waals surface area (Å²) in [6.45, 7) is 16.1. The molecule has 11 aromatic rings. The van der Waals surface area contributed by atoms with E-state index in [0.29, 0.717) is 5.65 Å². The smallest absolute Gasteiger partial charge is 0.168 e. The third-order valence-corrected chi connectivity index (χ3v) is 14.8. The van der Waals surface area contributed by atoms with Crippen molar-refractivity contribution in [3.63, 3.8) is 0 Å². The van der Waals surface area contributed by atoms with E-state index in [1.807, 2.05) is 54.9 Å². The first-order valence-electron chi connectivity index (χ1n) is 23.6. The van der Waals surface area contributed by atoms with Crippen LogP contribution < -0.4 is 5.19 Å². The molecule has 343 valence electrons. The first-order valence-corrected chi connectivity index (χ1v) is 27.1. The van der Waals surface area contributed by atoms with Gasteiger partial charge in [0.05, 0.1) is 25.0 Å². The van der Waals surface area contributed by atoms with Gasteiger partial charge in [-0.2, -0.15) is 0 Å². The first kappa shape index (κ1) is 47.1. The Morgan fingerprint density at radius 3 is 1.78 bits per heavy atom. The van der Waals surface area contributed by atoms with Crippen molar-refractivity contribution in [2.45, 2.75) is 59.2 Å². The fraction of sp³-hybridized carbons (Fsp3) is 0.145. The maximum atomic E-state index is 6.81. The number of imidazole rings is 1. The third-order valence-electron chi connectivity index (χ3n) is 12.8. The minimum atomic E-state index is -1.23. The van der Waals surface area contributed by atoms with Gasteiger partial charge >= 0.3 is 0 Å². The molecule has 0 aliphatic heterocycles. The standard InChI is InChI=1S/C48H38N3O.C14H16NSi.Ir/c1-30(2)41-27-37(33-15-9-6-10-16-33)28-42(31(3)4)45(41)51-43-19-12-26-49-47(43)50-48(51)40-18-11-17-39-38-25-24-36(29-44(38)52-46(39)40)35-22-20-34(21-23-35)32-13-7-5-8-14-32;1-16(2,3)13-9-10-14(15-11-13)12-7-5-4-6-8-12;/h5-17,19-31H,1-4H3;4-7,9-11H,1-3H3;/q2*-1;. The van der Waals surface area contributed by atoms with Crippen molar-refractivity contribution in [1.29, 1.82) is 0 Å². The number of hydrogen-bond acceptors (Lipinski definition) is 4. The monoisotopic (exact) mass is 1090 g/mol. The van der Waals surface area contributed by atoms with Crippen LogP contribution in [-0.4, -0.2) is 27.6 Å². The number of nitrogens with zero attached hydrogens (tertiary/aromatic N) is 4. The predicted octanol–water partition coefficient (Wildman–Crippen LogP) is 16.1. The molecule has 7 aromatic carbocycles. The summed E-state index contributed by atoms with van der Waals surface area (Å²) < 4.78 is 9.11. The Balaban J connectivity index is 0.000000296. The van der Waals surface area contributed by atoms with Gasteiger partial charge in [0.2, 0.25) is 0 Å². The van der Waals surface area contributed by atoms with Gasteiger partial charge in [0.15, 0.2) is 5.65 Å². The molecule has 11 rings (SSSR count). The molecular formula is C62H54IrN4OSi-2. The normalized spacial score (nSPS) is 11.6. The number of aromatic nitrogens is 4. The Morgan fingerprint density at radius 2 is 1.17 bits per heavy atom. The topological polar surface area (TPSA) is 56.7 Å². The Hall–Kier alpha value is -7.02. The van der Waals surface area contributed by atoms with Crippen molar-refractivity contribution >= 4 is 46.4 Å². The van der Waals surface area contributed by atoms with Crippen LogP contribution in [0.15, 0.2) is 193 Å². The number of pyridine rings is 2. The van der Waals surface area contributed by atoms with Crippen molar-refractivity contribution in [3.05, 3.63) is 212 Å². The zero-order valence-electron chi connectivity index (χ0n) is 40.1. The average Bonchev–Trinajstić information content (AvgIpc) is 3.95. The zero-order valence-corrected chi connectivity index (χ0v) is 43.5. The second-order valence-corrected chi connectivity index (χ2v) is 24.2. The van der Waals surface area contributed by atoms with Crippen LogP contribution in [0.1, 0.15) is 50.7 Å². The van der Waals surface area contributed by atoms with Crippen molar-refractivity contribution in [2.75, 3.05) is 0 Å². The van der Waals surface area contributed by atoms with Crippen molar-refractivity contribution in [3.8, 4) is 61.7 Å². The van der Waals surface area contributed by atoms with Crippen LogP contribution >= 0.6 is 0 Å². The van der Waals surface area contributed by atoms with Crippen LogP contribution in [0, 0.1) is 12.1 Å². The molecular weight excluding hydrogens is 1040 g/mol. The van der Waals surface area contributed by atoms with Gasteiger partial charge in [-0.05, 0) is 97.6 Å². The van der Waals surface area contributed by atoms with Crippen LogP contribution in [-0.2, 0) is 20.1 Å². The predicted molar refractivity (Wildman–Crippen MR) is 286 cm³/mol. The molecule has 5 nitrogen and oxygen atoms in total. The van der Waals surface area contributed by atoms with Gasteiger partial charge in [0.25, 0.3) is 0 Å². The zero-order chi connectivity index (χ0) is 46.9. The van der Waals surface area contributed by atoms with Gasteiger partial charge in [-0.1, -0.05) is 167 Å². The molecule has 0 spiro atoms. The first-order chi connectivity index (χ1) is 33.0. The molecule has 4 heterocycles. The minimum Gasteiger partial charge on any atom is -0.501 e. The summed E-state index contributed by atoms with van der Waals surface area (Å²) >= 11 is 0. The Labute approximate surface area is 420 Å². The minimum absolute atomic E-state index is 0. The maximum absolute atomic E-state index is 6.81. The fourth-order valence-electron chi connectivity index (χ4n) is 9.05. The maximum Gasteiger partial charge on any atom is 0.168 e. The van der Waals surface area contributed by atoms with E-state index >= 15 is 0 Å². The van der Waals surface area contributed by atoms with Crippen molar-refractivity contribution in [1.82, 2.24) is 19.5 Å². The van der Waals surface area contributed by atoms with Gasteiger partial charge in [0.1, 0.15) is 5.58 Å². The van der Waals surface area contributed by atoms with Gasteiger partial charge in [-0.25, -0.2) is 4.98 Å². The molecule has 0 unspecified atom stereocenters. The number of fused-ring (bicyclic) bond motifs is 4. The molecule has 0 aliphatic rings. The molecule has 0 saturated carbocycles. The van der Waals surface area contributed by atoms with Crippen LogP contribution in [0.5, 0.6) is 0 Å². The third kappa shape index (κ3) is 9.56. The molecule has 0 fully saturated rings. The molecule has 1 radical (unpaired) electrons. The van der Waals surface area contributed by atoms with Crippen LogP contribution in [0.2, 0.25) is 19.6 Å². The molecule has 0 aliphatic carbocycles. The van der Waals surface area contributed by atoms with Crippen LogP contribution in [0.3, 0.4) is 0 Å². The van der Waals surface area contributed by atoms with Crippen molar-refractivity contribution < 1.29 is 24.5 Å². The Bertz CT molecular complexity index is 3490. The van der Waals surface area contributed by atoms with E-state index in [1.54, 1.807) is 0 Å². The van der Waals surface area contributed by atoms with E-state index in [-0.39, 0.29) is 31.9 Å². The van der Waals surface area contributed by atoms with Crippen LogP contribution in [0.25, 0.3) is 94.8 Å². The van der Waals surface area contributed by atoms with E-state index in [4.69, 9.17) is 14.4 Å². The summed E-state index contributed by atoms with van der Waals surface area (Å²) in [6.07, 6.45) is 3.83. The summed E-state index contributed by atoms with van der Waals surface area (Å²) in [6, 6.07) is 68.3.